The third-order valence-electron chi connectivity index (χ3n) is 2.55. The van der Waals surface area contributed by atoms with E-state index in [4.69, 9.17) is 11.6 Å². The molecular formula is C11H13ClN2. The van der Waals surface area contributed by atoms with Gasteiger partial charge in [0.1, 0.15) is 5.65 Å². The highest BCUT2D eigenvalue weighted by Gasteiger charge is 2.07. The molecule has 0 saturated carbocycles. The molecule has 0 aliphatic carbocycles. The number of imidazole rings is 1. The van der Waals surface area contributed by atoms with Gasteiger partial charge >= 0.3 is 0 Å². The van der Waals surface area contributed by atoms with Crippen LogP contribution in [-0.4, -0.2) is 9.38 Å². The molecular weight excluding hydrogens is 196 g/mol. The molecule has 0 bridgehead atoms. The van der Waals surface area contributed by atoms with Crippen LogP contribution >= 0.6 is 11.6 Å². The van der Waals surface area contributed by atoms with Crippen LogP contribution in [0.2, 0.25) is 5.02 Å². The van der Waals surface area contributed by atoms with E-state index in [0.717, 1.165) is 22.8 Å². The molecule has 14 heavy (non-hydrogen) atoms. The topological polar surface area (TPSA) is 17.3 Å². The molecule has 0 N–H and O–H groups in total. The largest absolute Gasteiger partial charge is 0.305 e. The van der Waals surface area contributed by atoms with Crippen LogP contribution < -0.4 is 0 Å². The van der Waals surface area contributed by atoms with E-state index < -0.39 is 0 Å². The van der Waals surface area contributed by atoms with E-state index in [1.165, 1.54) is 0 Å². The second-order valence-electron chi connectivity index (χ2n) is 3.59. The molecule has 0 spiro atoms. The lowest BCUT2D eigenvalue weighted by atomic mass is 10.1. The van der Waals surface area contributed by atoms with E-state index in [-0.39, 0.29) is 0 Å². The molecule has 2 nitrogen and oxygen atoms in total. The Labute approximate surface area is 88.5 Å². The van der Waals surface area contributed by atoms with Crippen LogP contribution in [0.15, 0.2) is 24.5 Å². The summed E-state index contributed by atoms with van der Waals surface area (Å²) in [5.74, 6) is 0.508. The summed E-state index contributed by atoms with van der Waals surface area (Å²) in [5, 5.41) is 0.741. The fraction of sp³-hybridized carbons (Fsp3) is 0.364. The normalized spacial score (nSPS) is 13.4. The first kappa shape index (κ1) is 9.53. The van der Waals surface area contributed by atoms with Crippen LogP contribution in [0.4, 0.5) is 0 Å². The first-order chi connectivity index (χ1) is 6.70. The number of rotatable bonds is 2. The van der Waals surface area contributed by atoms with E-state index in [1.807, 2.05) is 22.7 Å². The molecule has 0 amide bonds. The van der Waals surface area contributed by atoms with Crippen LogP contribution in [0.5, 0.6) is 0 Å². The van der Waals surface area contributed by atoms with Crippen molar-refractivity contribution in [3.63, 3.8) is 0 Å². The summed E-state index contributed by atoms with van der Waals surface area (Å²) in [7, 11) is 0. The molecule has 3 heteroatoms. The molecule has 0 fully saturated rings. The molecule has 2 heterocycles. The van der Waals surface area contributed by atoms with Gasteiger partial charge in [-0.05, 0) is 24.5 Å². The minimum Gasteiger partial charge on any atom is -0.305 e. The highest BCUT2D eigenvalue weighted by atomic mass is 35.5. The van der Waals surface area contributed by atoms with Crippen molar-refractivity contribution in [2.24, 2.45) is 0 Å². The van der Waals surface area contributed by atoms with Crippen molar-refractivity contribution >= 4 is 17.2 Å². The van der Waals surface area contributed by atoms with E-state index in [2.05, 4.69) is 25.0 Å². The summed E-state index contributed by atoms with van der Waals surface area (Å²) in [6.07, 6.45) is 5.04. The van der Waals surface area contributed by atoms with Gasteiger partial charge in [-0.1, -0.05) is 25.4 Å². The van der Waals surface area contributed by atoms with Crippen molar-refractivity contribution in [1.82, 2.24) is 9.38 Å². The summed E-state index contributed by atoms with van der Waals surface area (Å²) in [4.78, 5) is 4.53. The van der Waals surface area contributed by atoms with Crippen LogP contribution in [0.25, 0.3) is 5.65 Å². The molecule has 0 aliphatic rings. The zero-order valence-corrected chi connectivity index (χ0v) is 9.12. The van der Waals surface area contributed by atoms with Crippen molar-refractivity contribution in [3.05, 3.63) is 35.2 Å². The zero-order chi connectivity index (χ0) is 10.1. The minimum absolute atomic E-state index is 0.508. The second-order valence-corrected chi connectivity index (χ2v) is 4.02. The second kappa shape index (κ2) is 3.62. The lowest BCUT2D eigenvalue weighted by Crippen LogP contribution is -1.89. The van der Waals surface area contributed by atoms with E-state index in [9.17, 15) is 0 Å². The van der Waals surface area contributed by atoms with Gasteiger partial charge in [0.2, 0.25) is 0 Å². The van der Waals surface area contributed by atoms with Crippen molar-refractivity contribution < 1.29 is 0 Å². The first-order valence-electron chi connectivity index (χ1n) is 4.85. The summed E-state index contributed by atoms with van der Waals surface area (Å²) >= 11 is 5.89. The summed E-state index contributed by atoms with van der Waals surface area (Å²) < 4.78 is 1.98. The predicted molar refractivity (Wildman–Crippen MR) is 58.9 cm³/mol. The summed E-state index contributed by atoms with van der Waals surface area (Å²) in [5.41, 5.74) is 2.10. The number of fused-ring (bicyclic) bond motifs is 1. The third kappa shape index (κ3) is 1.62. The van der Waals surface area contributed by atoms with Crippen LogP contribution in [0.3, 0.4) is 0 Å². The third-order valence-corrected chi connectivity index (χ3v) is 2.77. The molecule has 1 atom stereocenters. The monoisotopic (exact) mass is 208 g/mol. The fourth-order valence-electron chi connectivity index (χ4n) is 1.43. The molecule has 2 aromatic rings. The maximum absolute atomic E-state index is 5.89. The van der Waals surface area contributed by atoms with Gasteiger partial charge in [0, 0.05) is 12.4 Å². The Balaban J connectivity index is 2.51. The number of halogens is 1. The van der Waals surface area contributed by atoms with Crippen LogP contribution in [0, 0.1) is 0 Å². The van der Waals surface area contributed by atoms with Gasteiger partial charge < -0.3 is 4.40 Å². The van der Waals surface area contributed by atoms with Crippen molar-refractivity contribution in [3.8, 4) is 0 Å². The van der Waals surface area contributed by atoms with Crippen molar-refractivity contribution in [2.45, 2.75) is 26.2 Å². The van der Waals surface area contributed by atoms with E-state index >= 15 is 0 Å². The van der Waals surface area contributed by atoms with E-state index in [1.54, 1.807) is 0 Å². The summed E-state index contributed by atoms with van der Waals surface area (Å²) in [6.45, 7) is 4.35. The highest BCUT2D eigenvalue weighted by molar-refractivity contribution is 6.30. The van der Waals surface area contributed by atoms with Gasteiger partial charge in [-0.3, -0.25) is 0 Å². The number of hydrogen-bond acceptors (Lipinski definition) is 1. The average Bonchev–Trinajstić information content (AvgIpc) is 2.59. The Morgan fingerprint density at radius 2 is 2.21 bits per heavy atom. The van der Waals surface area contributed by atoms with Gasteiger partial charge in [0.15, 0.2) is 0 Å². The van der Waals surface area contributed by atoms with Crippen LogP contribution in [-0.2, 0) is 0 Å². The van der Waals surface area contributed by atoms with E-state index in [0.29, 0.717) is 5.92 Å². The lowest BCUT2D eigenvalue weighted by Gasteiger charge is -2.01. The molecule has 0 aliphatic heterocycles. The molecule has 2 rings (SSSR count). The Bertz CT molecular complexity index is 447. The number of hydrogen-bond donors (Lipinski definition) is 0. The predicted octanol–water partition coefficient (Wildman–Crippen LogP) is 3.50. The minimum atomic E-state index is 0.508. The Morgan fingerprint density at radius 1 is 1.43 bits per heavy atom. The highest BCUT2D eigenvalue weighted by Crippen LogP contribution is 2.19. The average molecular weight is 209 g/mol. The lowest BCUT2D eigenvalue weighted by molar-refractivity contribution is 0.714. The van der Waals surface area contributed by atoms with Crippen molar-refractivity contribution in [1.29, 1.82) is 0 Å². The zero-order valence-electron chi connectivity index (χ0n) is 8.37. The van der Waals surface area contributed by atoms with Gasteiger partial charge in [-0.15, -0.1) is 0 Å². The standard InChI is InChI=1S/C11H13ClN2/c1-3-8(2)10-7-14-6-9(12)4-5-11(14)13-10/h4-8H,3H2,1-2H3. The fourth-order valence-corrected chi connectivity index (χ4v) is 1.60. The van der Waals surface area contributed by atoms with Crippen molar-refractivity contribution in [2.75, 3.05) is 0 Å². The molecule has 0 radical (unpaired) electrons. The number of pyridine rings is 1. The van der Waals surface area contributed by atoms with Crippen LogP contribution in [0.1, 0.15) is 31.9 Å². The quantitative estimate of drug-likeness (QED) is 0.739. The molecule has 1 unspecified atom stereocenters. The maximum Gasteiger partial charge on any atom is 0.137 e. The molecule has 2 aromatic heterocycles. The molecule has 0 aromatic carbocycles. The SMILES string of the molecule is CCC(C)c1cn2cc(Cl)ccc2n1. The van der Waals surface area contributed by atoms with Gasteiger partial charge in [0.25, 0.3) is 0 Å². The number of nitrogens with zero attached hydrogens (tertiary/aromatic N) is 2. The van der Waals surface area contributed by atoms with Gasteiger partial charge in [-0.25, -0.2) is 4.98 Å². The van der Waals surface area contributed by atoms with Gasteiger partial charge in [0.05, 0.1) is 10.7 Å². The summed E-state index contributed by atoms with van der Waals surface area (Å²) in [6, 6.07) is 3.80. The molecule has 74 valence electrons. The Morgan fingerprint density at radius 3 is 2.93 bits per heavy atom. The molecule has 0 saturated heterocycles. The smallest absolute Gasteiger partial charge is 0.137 e. The Kier molecular flexibility index (Phi) is 2.46. The maximum atomic E-state index is 5.89. The first-order valence-corrected chi connectivity index (χ1v) is 5.22. The Hall–Kier alpha value is -1.02. The van der Waals surface area contributed by atoms with Gasteiger partial charge in [-0.2, -0.15) is 0 Å². The number of aromatic nitrogens is 2.